The fourth-order valence-electron chi connectivity index (χ4n) is 4.39. The minimum absolute atomic E-state index is 0.139. The van der Waals surface area contributed by atoms with E-state index in [-0.39, 0.29) is 12.5 Å². The second-order valence-electron chi connectivity index (χ2n) is 8.86. The van der Waals surface area contributed by atoms with E-state index in [1.807, 2.05) is 12.1 Å². The second kappa shape index (κ2) is 9.88. The molecule has 0 bridgehead atoms. The predicted octanol–water partition coefficient (Wildman–Crippen LogP) is 3.34. The van der Waals surface area contributed by atoms with Crippen LogP contribution in [0.3, 0.4) is 0 Å². The Kier molecular flexibility index (Phi) is 6.96. The number of benzene rings is 2. The fourth-order valence-corrected chi connectivity index (χ4v) is 4.39. The Morgan fingerprint density at radius 1 is 1.12 bits per heavy atom. The molecule has 1 amide bonds. The first-order valence-corrected chi connectivity index (χ1v) is 11.3. The maximum Gasteiger partial charge on any atom is 0.253 e. The van der Waals surface area contributed by atoms with Crippen molar-refractivity contribution in [3.8, 4) is 11.5 Å². The van der Waals surface area contributed by atoms with E-state index in [0.717, 1.165) is 25.4 Å². The molecule has 2 aromatic carbocycles. The number of ether oxygens (including phenoxy) is 2. The quantitative estimate of drug-likeness (QED) is 0.713. The minimum atomic E-state index is -1.25. The normalized spacial score (nSPS) is 23.8. The number of carbonyl (C=O) groups excluding carboxylic acids is 1. The molecular weight excluding hydrogens is 411 g/mol. The molecule has 2 fully saturated rings. The Hall–Kier alpha value is -2.64. The number of likely N-dealkylation sites (tertiary alicyclic amines) is 2. The lowest BCUT2D eigenvalue weighted by Gasteiger charge is -2.42. The number of carbonyl (C=O) groups is 1. The van der Waals surface area contributed by atoms with Crippen molar-refractivity contribution >= 4 is 5.91 Å². The average Bonchev–Trinajstić information content (AvgIpc) is 3.29. The standard InChI is InChI=1S/C25H31FN2O4/c1-25(30)18-28(14-11-23(25)32-22-6-4-5-20(26)17-22)24(29)19-7-9-21(10-8-19)31-16-15-27-12-2-3-13-27/h4-10,17,23,30H,2-3,11-16,18H2,1H3/t23-,25-/m0/s1. The van der Waals surface area contributed by atoms with Crippen LogP contribution < -0.4 is 9.47 Å². The Balaban J connectivity index is 1.30. The number of hydrogen-bond acceptors (Lipinski definition) is 5. The van der Waals surface area contributed by atoms with Gasteiger partial charge in [0.2, 0.25) is 0 Å². The van der Waals surface area contributed by atoms with Gasteiger partial charge in [-0.2, -0.15) is 0 Å². The molecule has 2 atom stereocenters. The van der Waals surface area contributed by atoms with Crippen LogP contribution in [0.25, 0.3) is 0 Å². The molecule has 4 rings (SSSR count). The third kappa shape index (κ3) is 5.58. The number of hydrogen-bond donors (Lipinski definition) is 1. The topological polar surface area (TPSA) is 62.2 Å². The molecule has 2 aliphatic heterocycles. The molecular formula is C25H31FN2O4. The van der Waals surface area contributed by atoms with Gasteiger partial charge in [-0.3, -0.25) is 9.69 Å². The van der Waals surface area contributed by atoms with Crippen LogP contribution in [0.1, 0.15) is 36.5 Å². The number of amides is 1. The van der Waals surface area contributed by atoms with Gasteiger partial charge in [-0.15, -0.1) is 0 Å². The van der Waals surface area contributed by atoms with E-state index >= 15 is 0 Å². The Morgan fingerprint density at radius 3 is 2.56 bits per heavy atom. The van der Waals surface area contributed by atoms with E-state index < -0.39 is 17.5 Å². The van der Waals surface area contributed by atoms with Gasteiger partial charge in [-0.1, -0.05) is 6.07 Å². The SMILES string of the molecule is C[C@]1(O)CN(C(=O)c2ccc(OCCN3CCCC3)cc2)CC[C@@H]1Oc1cccc(F)c1. The summed E-state index contributed by atoms with van der Waals surface area (Å²) in [6, 6.07) is 13.0. The van der Waals surface area contributed by atoms with Crippen molar-refractivity contribution in [1.29, 1.82) is 0 Å². The van der Waals surface area contributed by atoms with Crippen LogP contribution >= 0.6 is 0 Å². The number of rotatable bonds is 7. The maximum absolute atomic E-state index is 13.4. The molecule has 1 N–H and O–H groups in total. The van der Waals surface area contributed by atoms with Crippen molar-refractivity contribution in [3.63, 3.8) is 0 Å². The molecule has 0 radical (unpaired) electrons. The average molecular weight is 443 g/mol. The van der Waals surface area contributed by atoms with Crippen LogP contribution in [0, 0.1) is 5.82 Å². The van der Waals surface area contributed by atoms with Gasteiger partial charge in [0.15, 0.2) is 0 Å². The molecule has 32 heavy (non-hydrogen) atoms. The highest BCUT2D eigenvalue weighted by Crippen LogP contribution is 2.28. The maximum atomic E-state index is 13.4. The number of halogens is 1. The molecule has 2 saturated heterocycles. The number of nitrogens with zero attached hydrogens (tertiary/aromatic N) is 2. The van der Waals surface area contributed by atoms with Crippen molar-refractivity contribution in [3.05, 3.63) is 59.9 Å². The third-order valence-corrected chi connectivity index (χ3v) is 6.20. The summed E-state index contributed by atoms with van der Waals surface area (Å²) in [6.07, 6.45) is 2.45. The lowest BCUT2D eigenvalue weighted by molar-refractivity contribution is -0.0900. The predicted molar refractivity (Wildman–Crippen MR) is 120 cm³/mol. The highest BCUT2D eigenvalue weighted by atomic mass is 19.1. The molecule has 7 heteroatoms. The first-order chi connectivity index (χ1) is 15.4. The molecule has 2 aromatic rings. The summed E-state index contributed by atoms with van der Waals surface area (Å²) in [7, 11) is 0. The summed E-state index contributed by atoms with van der Waals surface area (Å²) in [5.41, 5.74) is -0.698. The molecule has 0 unspecified atom stereocenters. The van der Waals surface area contributed by atoms with Crippen LogP contribution in [0.4, 0.5) is 4.39 Å². The van der Waals surface area contributed by atoms with E-state index in [1.54, 1.807) is 36.1 Å². The Morgan fingerprint density at radius 2 is 1.88 bits per heavy atom. The van der Waals surface area contributed by atoms with Gasteiger partial charge < -0.3 is 19.5 Å². The zero-order valence-corrected chi connectivity index (χ0v) is 18.5. The molecule has 0 spiro atoms. The first kappa shape index (κ1) is 22.6. The molecule has 2 aliphatic rings. The lowest BCUT2D eigenvalue weighted by Crippen LogP contribution is -2.58. The van der Waals surface area contributed by atoms with E-state index in [0.29, 0.717) is 30.9 Å². The first-order valence-electron chi connectivity index (χ1n) is 11.3. The highest BCUT2D eigenvalue weighted by Gasteiger charge is 2.41. The summed E-state index contributed by atoms with van der Waals surface area (Å²) in [4.78, 5) is 17.0. The fraction of sp³-hybridized carbons (Fsp3) is 0.480. The summed E-state index contributed by atoms with van der Waals surface area (Å²) in [6.45, 7) is 6.07. The highest BCUT2D eigenvalue weighted by molar-refractivity contribution is 5.94. The van der Waals surface area contributed by atoms with Crippen molar-refractivity contribution in [2.24, 2.45) is 0 Å². The van der Waals surface area contributed by atoms with Crippen LogP contribution in [0.5, 0.6) is 11.5 Å². The van der Waals surface area contributed by atoms with Gasteiger partial charge in [0, 0.05) is 31.1 Å². The Labute approximate surface area is 188 Å². The number of piperidine rings is 1. The van der Waals surface area contributed by atoms with Crippen molar-refractivity contribution < 1.29 is 23.8 Å². The van der Waals surface area contributed by atoms with E-state index in [1.165, 1.54) is 25.0 Å². The van der Waals surface area contributed by atoms with E-state index in [4.69, 9.17) is 9.47 Å². The molecule has 6 nitrogen and oxygen atoms in total. The Bertz CT molecular complexity index is 912. The van der Waals surface area contributed by atoms with E-state index in [9.17, 15) is 14.3 Å². The summed E-state index contributed by atoms with van der Waals surface area (Å²) in [5.74, 6) is 0.585. The van der Waals surface area contributed by atoms with Crippen LogP contribution in [-0.2, 0) is 0 Å². The molecule has 0 aliphatic carbocycles. The van der Waals surface area contributed by atoms with Gasteiger partial charge in [-0.05, 0) is 69.3 Å². The third-order valence-electron chi connectivity index (χ3n) is 6.20. The zero-order chi connectivity index (χ0) is 22.6. The van der Waals surface area contributed by atoms with Gasteiger partial charge >= 0.3 is 0 Å². The molecule has 2 heterocycles. The number of aliphatic hydroxyl groups is 1. The summed E-state index contributed by atoms with van der Waals surface area (Å²) in [5, 5.41) is 10.9. The van der Waals surface area contributed by atoms with Gasteiger partial charge in [0.25, 0.3) is 5.91 Å². The van der Waals surface area contributed by atoms with Crippen LogP contribution in [0.15, 0.2) is 48.5 Å². The van der Waals surface area contributed by atoms with Crippen molar-refractivity contribution in [2.45, 2.75) is 37.9 Å². The molecule has 0 saturated carbocycles. The minimum Gasteiger partial charge on any atom is -0.492 e. The van der Waals surface area contributed by atoms with Crippen LogP contribution in [0.2, 0.25) is 0 Å². The monoisotopic (exact) mass is 442 g/mol. The number of β-amino-alcohol motifs (C(OH)–C–C–N with tert-alkyl or cyclic N) is 1. The molecule has 0 aromatic heterocycles. The van der Waals surface area contributed by atoms with E-state index in [2.05, 4.69) is 4.90 Å². The largest absolute Gasteiger partial charge is 0.492 e. The zero-order valence-electron chi connectivity index (χ0n) is 18.5. The van der Waals surface area contributed by atoms with Crippen molar-refractivity contribution in [1.82, 2.24) is 9.80 Å². The van der Waals surface area contributed by atoms with Crippen LogP contribution in [-0.4, -0.2) is 71.8 Å². The lowest BCUT2D eigenvalue weighted by atomic mass is 9.91. The second-order valence-corrected chi connectivity index (χ2v) is 8.86. The summed E-state index contributed by atoms with van der Waals surface area (Å²) >= 11 is 0. The summed E-state index contributed by atoms with van der Waals surface area (Å²) < 4.78 is 25.1. The molecule has 172 valence electrons. The van der Waals surface area contributed by atoms with Crippen molar-refractivity contribution in [2.75, 3.05) is 39.3 Å². The van der Waals surface area contributed by atoms with Gasteiger partial charge in [0.1, 0.15) is 35.6 Å². The van der Waals surface area contributed by atoms with Gasteiger partial charge in [-0.25, -0.2) is 4.39 Å². The smallest absolute Gasteiger partial charge is 0.253 e. The van der Waals surface area contributed by atoms with Gasteiger partial charge in [0.05, 0.1) is 6.54 Å².